The predicted octanol–water partition coefficient (Wildman–Crippen LogP) is 1.93. The molecular weight excluding hydrogens is 266 g/mol. The Labute approximate surface area is 126 Å². The maximum Gasteiger partial charge on any atom is 0.247 e. The lowest BCUT2D eigenvalue weighted by molar-refractivity contribution is -0.161. The first-order chi connectivity index (χ1) is 9.85. The molecule has 0 unspecified atom stereocenters. The zero-order chi connectivity index (χ0) is 15.7. The van der Waals surface area contributed by atoms with E-state index >= 15 is 0 Å². The van der Waals surface area contributed by atoms with Crippen molar-refractivity contribution < 1.29 is 9.59 Å². The van der Waals surface area contributed by atoms with E-state index in [0.717, 1.165) is 25.7 Å². The summed E-state index contributed by atoms with van der Waals surface area (Å²) in [4.78, 5) is 28.7. The van der Waals surface area contributed by atoms with Crippen molar-refractivity contribution in [3.63, 3.8) is 0 Å². The van der Waals surface area contributed by atoms with Crippen molar-refractivity contribution in [3.8, 4) is 6.07 Å². The van der Waals surface area contributed by atoms with Gasteiger partial charge in [0.1, 0.15) is 11.0 Å². The first-order valence-electron chi connectivity index (χ1n) is 7.84. The normalized spacial score (nSPS) is 25.1. The number of likely N-dealkylation sites (N-methyl/N-ethyl adjacent to an activating group) is 1. The minimum Gasteiger partial charge on any atom is -0.342 e. The monoisotopic (exact) mass is 291 g/mol. The third kappa shape index (κ3) is 2.64. The van der Waals surface area contributed by atoms with Gasteiger partial charge in [-0.15, -0.1) is 0 Å². The molecule has 1 aliphatic heterocycles. The van der Waals surface area contributed by atoms with Crippen molar-refractivity contribution in [1.82, 2.24) is 9.80 Å². The minimum atomic E-state index is -0.927. The number of carbonyl (C=O) groups excluding carboxylic acids is 2. The molecule has 5 heteroatoms. The van der Waals surface area contributed by atoms with Gasteiger partial charge in [-0.2, -0.15) is 5.26 Å². The van der Waals surface area contributed by atoms with Crippen LogP contribution in [0.1, 0.15) is 52.4 Å². The summed E-state index contributed by atoms with van der Waals surface area (Å²) >= 11 is 0. The van der Waals surface area contributed by atoms with Crippen molar-refractivity contribution in [1.29, 1.82) is 5.26 Å². The average molecular weight is 291 g/mol. The van der Waals surface area contributed by atoms with E-state index in [4.69, 9.17) is 0 Å². The Morgan fingerprint density at radius 3 is 2.24 bits per heavy atom. The summed E-state index contributed by atoms with van der Waals surface area (Å²) in [6.07, 6.45) is 5.25. The molecule has 2 amide bonds. The molecule has 0 bridgehead atoms. The summed E-state index contributed by atoms with van der Waals surface area (Å²) in [5, 5.41) is 9.66. The van der Waals surface area contributed by atoms with E-state index in [1.165, 1.54) is 0 Å². The molecule has 0 atom stereocenters. The largest absolute Gasteiger partial charge is 0.342 e. The quantitative estimate of drug-likeness (QED) is 0.693. The second kappa shape index (κ2) is 5.67. The molecule has 0 N–H and O–H groups in total. The topological polar surface area (TPSA) is 64.4 Å². The average Bonchev–Trinajstić information content (AvgIpc) is 2.71. The molecule has 0 radical (unpaired) electrons. The summed E-state index contributed by atoms with van der Waals surface area (Å²) in [7, 11) is 1.76. The van der Waals surface area contributed by atoms with Crippen LogP contribution in [0.25, 0.3) is 0 Å². The van der Waals surface area contributed by atoms with Gasteiger partial charge in [0, 0.05) is 20.1 Å². The second-order valence-corrected chi connectivity index (χ2v) is 6.85. The van der Waals surface area contributed by atoms with Crippen LogP contribution in [0, 0.1) is 16.7 Å². The number of hydrogen-bond acceptors (Lipinski definition) is 3. The summed E-state index contributed by atoms with van der Waals surface area (Å²) < 4.78 is 0. The molecule has 1 saturated carbocycles. The van der Waals surface area contributed by atoms with Crippen LogP contribution in [0.3, 0.4) is 0 Å². The molecule has 2 fully saturated rings. The predicted molar refractivity (Wildman–Crippen MR) is 79.2 cm³/mol. The SMILES string of the molecule is CN1CCN(C(=O)C2(C#N)CCCCCC2)C(C)(C)C1=O. The van der Waals surface area contributed by atoms with Crippen LogP contribution in [-0.2, 0) is 9.59 Å². The molecular formula is C16H25N3O2. The molecule has 0 aromatic heterocycles. The lowest BCUT2D eigenvalue weighted by atomic mass is 9.79. The lowest BCUT2D eigenvalue weighted by Gasteiger charge is -2.47. The van der Waals surface area contributed by atoms with Gasteiger partial charge in [0.2, 0.25) is 11.8 Å². The van der Waals surface area contributed by atoms with Crippen molar-refractivity contribution in [2.75, 3.05) is 20.1 Å². The fourth-order valence-electron chi connectivity index (χ4n) is 3.53. The molecule has 21 heavy (non-hydrogen) atoms. The number of piperazine rings is 1. The van der Waals surface area contributed by atoms with Gasteiger partial charge < -0.3 is 9.80 Å². The van der Waals surface area contributed by atoms with E-state index in [1.807, 2.05) is 0 Å². The van der Waals surface area contributed by atoms with Gasteiger partial charge in [-0.25, -0.2) is 0 Å². The molecule has 2 aliphatic rings. The molecule has 0 aromatic carbocycles. The highest BCUT2D eigenvalue weighted by Gasteiger charge is 2.50. The van der Waals surface area contributed by atoms with E-state index in [1.54, 1.807) is 30.7 Å². The summed E-state index contributed by atoms with van der Waals surface area (Å²) in [6.45, 7) is 4.61. The highest BCUT2D eigenvalue weighted by molar-refractivity contribution is 5.94. The van der Waals surface area contributed by atoms with Gasteiger partial charge >= 0.3 is 0 Å². The standard InChI is InChI=1S/C16H25N3O2/c1-15(2)13(20)18(3)10-11-19(15)14(21)16(12-17)8-6-4-5-7-9-16/h4-11H2,1-3H3. The van der Waals surface area contributed by atoms with Crippen LogP contribution in [0.15, 0.2) is 0 Å². The van der Waals surface area contributed by atoms with E-state index in [2.05, 4.69) is 6.07 Å². The van der Waals surface area contributed by atoms with Crippen LogP contribution in [0.4, 0.5) is 0 Å². The molecule has 5 nitrogen and oxygen atoms in total. The number of amides is 2. The van der Waals surface area contributed by atoms with Crippen molar-refractivity contribution in [2.24, 2.45) is 5.41 Å². The maximum atomic E-state index is 13.1. The number of carbonyl (C=O) groups is 2. The number of nitriles is 1. The van der Waals surface area contributed by atoms with Gasteiger partial charge in [-0.3, -0.25) is 9.59 Å². The van der Waals surface area contributed by atoms with Gasteiger partial charge in [0.05, 0.1) is 6.07 Å². The van der Waals surface area contributed by atoms with Crippen molar-refractivity contribution >= 4 is 11.8 Å². The van der Waals surface area contributed by atoms with E-state index in [-0.39, 0.29) is 11.8 Å². The maximum absolute atomic E-state index is 13.1. The summed E-state index contributed by atoms with van der Waals surface area (Å²) in [5.74, 6) is -0.192. The zero-order valence-electron chi connectivity index (χ0n) is 13.3. The van der Waals surface area contributed by atoms with Gasteiger partial charge in [-0.1, -0.05) is 25.7 Å². The Balaban J connectivity index is 2.29. The van der Waals surface area contributed by atoms with E-state index < -0.39 is 11.0 Å². The van der Waals surface area contributed by atoms with Crippen LogP contribution in [0.5, 0.6) is 0 Å². The molecule has 1 saturated heterocycles. The third-order valence-corrected chi connectivity index (χ3v) is 5.03. The first-order valence-corrected chi connectivity index (χ1v) is 7.84. The van der Waals surface area contributed by atoms with Crippen LogP contribution < -0.4 is 0 Å². The van der Waals surface area contributed by atoms with Crippen LogP contribution >= 0.6 is 0 Å². The molecule has 1 aliphatic carbocycles. The van der Waals surface area contributed by atoms with Crippen molar-refractivity contribution in [3.05, 3.63) is 0 Å². The third-order valence-electron chi connectivity index (χ3n) is 5.03. The molecule has 2 rings (SSSR count). The number of hydrogen-bond donors (Lipinski definition) is 0. The van der Waals surface area contributed by atoms with Gasteiger partial charge in [0.25, 0.3) is 0 Å². The zero-order valence-corrected chi connectivity index (χ0v) is 13.3. The Bertz CT molecular complexity index is 470. The Hall–Kier alpha value is -1.57. The summed E-state index contributed by atoms with van der Waals surface area (Å²) in [6, 6.07) is 2.30. The van der Waals surface area contributed by atoms with E-state index in [0.29, 0.717) is 25.9 Å². The Morgan fingerprint density at radius 2 is 1.71 bits per heavy atom. The fourth-order valence-corrected chi connectivity index (χ4v) is 3.53. The first kappa shape index (κ1) is 15.8. The number of nitrogens with zero attached hydrogens (tertiary/aromatic N) is 3. The minimum absolute atomic E-state index is 0.0520. The van der Waals surface area contributed by atoms with Gasteiger partial charge in [0.15, 0.2) is 0 Å². The smallest absolute Gasteiger partial charge is 0.247 e. The molecule has 0 spiro atoms. The van der Waals surface area contributed by atoms with E-state index in [9.17, 15) is 14.9 Å². The number of rotatable bonds is 1. The Kier molecular flexibility index (Phi) is 4.27. The second-order valence-electron chi connectivity index (χ2n) is 6.85. The molecule has 0 aromatic rings. The van der Waals surface area contributed by atoms with Crippen LogP contribution in [0.2, 0.25) is 0 Å². The highest BCUT2D eigenvalue weighted by Crippen LogP contribution is 2.38. The lowest BCUT2D eigenvalue weighted by Crippen LogP contribution is -2.65. The van der Waals surface area contributed by atoms with Crippen molar-refractivity contribution in [2.45, 2.75) is 57.9 Å². The molecule has 116 valence electrons. The highest BCUT2D eigenvalue weighted by atomic mass is 16.2. The van der Waals surface area contributed by atoms with Gasteiger partial charge in [-0.05, 0) is 26.7 Å². The molecule has 1 heterocycles. The summed E-state index contributed by atoms with van der Waals surface area (Å²) in [5.41, 5.74) is -1.79. The Morgan fingerprint density at radius 1 is 1.14 bits per heavy atom. The fraction of sp³-hybridized carbons (Fsp3) is 0.812. The van der Waals surface area contributed by atoms with Crippen LogP contribution in [-0.4, -0.2) is 47.3 Å².